The average Bonchev–Trinajstić information content (AvgIpc) is 2.75. The van der Waals surface area contributed by atoms with E-state index in [1.807, 2.05) is 45.0 Å². The lowest BCUT2D eigenvalue weighted by Crippen LogP contribution is -2.42. The van der Waals surface area contributed by atoms with Gasteiger partial charge in [0.05, 0.1) is 18.6 Å². The summed E-state index contributed by atoms with van der Waals surface area (Å²) in [5, 5.41) is 38.5. The summed E-state index contributed by atoms with van der Waals surface area (Å²) in [7, 11) is 0. The molecule has 0 fully saturated rings. The number of amides is 2. The highest BCUT2D eigenvalue weighted by molar-refractivity contribution is 6.02. The molecule has 1 heterocycles. The lowest BCUT2D eigenvalue weighted by molar-refractivity contribution is 0.171. The number of aliphatic hydroxyl groups is 1. The predicted octanol–water partition coefficient (Wildman–Crippen LogP) is 4.14. The summed E-state index contributed by atoms with van der Waals surface area (Å²) in [6.45, 7) is 5.45. The number of allylic oxidation sites excluding steroid dienone is 1. The van der Waals surface area contributed by atoms with Crippen LogP contribution in [0, 0.1) is 21.6 Å². The van der Waals surface area contributed by atoms with Gasteiger partial charge in [0.1, 0.15) is 28.9 Å². The molecule has 2 aromatic rings. The standard InChI is InChI=1S/C24H30N6O3/c1-24(2,3)20(31)12-21(26)29-23(32)28-18-9-10-19(17-7-5-4-6-16(17)18)33-15-8-11-22(27)30(13-15)14-25/h4-8,11-14,18-19,25,27,31H,9-10H2,1-3H3,(H3,26,28,29,32)/b20-12-,25-14?,27-22?. The van der Waals surface area contributed by atoms with Gasteiger partial charge in [-0.3, -0.25) is 26.1 Å². The van der Waals surface area contributed by atoms with Gasteiger partial charge >= 0.3 is 6.03 Å². The second-order valence-corrected chi connectivity index (χ2v) is 8.94. The molecule has 0 saturated carbocycles. The number of ether oxygens (including phenoxy) is 1. The fourth-order valence-electron chi connectivity index (χ4n) is 3.57. The van der Waals surface area contributed by atoms with E-state index in [-0.39, 0.29) is 29.2 Å². The fraction of sp³-hybridized carbons (Fsp3) is 0.333. The summed E-state index contributed by atoms with van der Waals surface area (Å²) in [5.74, 6) is 0.374. The van der Waals surface area contributed by atoms with Crippen molar-refractivity contribution < 1.29 is 14.6 Å². The van der Waals surface area contributed by atoms with Gasteiger partial charge in [0.2, 0.25) is 0 Å². The Morgan fingerprint density at radius 2 is 1.88 bits per heavy atom. The van der Waals surface area contributed by atoms with Crippen LogP contribution in [0.15, 0.2) is 54.4 Å². The van der Waals surface area contributed by atoms with Gasteiger partial charge in [-0.05, 0) is 36.1 Å². The first-order valence-electron chi connectivity index (χ1n) is 10.7. The number of nitrogens with zero attached hydrogens (tertiary/aromatic N) is 1. The van der Waals surface area contributed by atoms with Crippen molar-refractivity contribution in [1.29, 1.82) is 16.2 Å². The number of carbonyl (C=O) groups excluding carboxylic acids is 1. The number of urea groups is 1. The van der Waals surface area contributed by atoms with E-state index >= 15 is 0 Å². The molecule has 9 heteroatoms. The molecule has 2 atom stereocenters. The molecular formula is C24H30N6O3. The van der Waals surface area contributed by atoms with Gasteiger partial charge < -0.3 is 15.2 Å². The van der Waals surface area contributed by atoms with Crippen molar-refractivity contribution in [3.8, 4) is 5.75 Å². The SMILES string of the molecule is CC(C)(C)/C(O)=C/C(=N)NC(=O)NC1CCC(Oc2ccc(=N)n(C=N)c2)c2ccccc21. The smallest absolute Gasteiger partial charge is 0.320 e. The third-order valence-electron chi connectivity index (χ3n) is 5.41. The molecule has 3 rings (SSSR count). The molecule has 0 spiro atoms. The Labute approximate surface area is 192 Å². The molecule has 1 aromatic carbocycles. The van der Waals surface area contributed by atoms with Crippen LogP contribution < -0.4 is 20.9 Å². The largest absolute Gasteiger partial charge is 0.512 e. The average molecular weight is 451 g/mol. The molecule has 1 aromatic heterocycles. The lowest BCUT2D eigenvalue weighted by atomic mass is 9.85. The van der Waals surface area contributed by atoms with Crippen LogP contribution >= 0.6 is 0 Å². The molecule has 2 amide bonds. The number of benzene rings is 1. The highest BCUT2D eigenvalue weighted by atomic mass is 16.5. The van der Waals surface area contributed by atoms with Gasteiger partial charge in [-0.2, -0.15) is 0 Å². The molecule has 6 N–H and O–H groups in total. The van der Waals surface area contributed by atoms with E-state index in [4.69, 9.17) is 21.0 Å². The molecule has 9 nitrogen and oxygen atoms in total. The predicted molar refractivity (Wildman–Crippen MR) is 126 cm³/mol. The Hall–Kier alpha value is -3.88. The van der Waals surface area contributed by atoms with E-state index in [0.717, 1.165) is 17.5 Å². The number of hydrogen-bond donors (Lipinski definition) is 6. The first kappa shape index (κ1) is 23.8. The molecule has 174 valence electrons. The number of hydrogen-bond acceptors (Lipinski definition) is 6. The summed E-state index contributed by atoms with van der Waals surface area (Å²) in [6, 6.07) is 10.2. The number of carbonyl (C=O) groups is 1. The van der Waals surface area contributed by atoms with E-state index in [1.165, 1.54) is 10.6 Å². The van der Waals surface area contributed by atoms with Crippen LogP contribution in [0.1, 0.15) is 56.9 Å². The van der Waals surface area contributed by atoms with E-state index in [1.54, 1.807) is 18.3 Å². The van der Waals surface area contributed by atoms with E-state index < -0.39 is 11.4 Å². The van der Waals surface area contributed by atoms with Gasteiger partial charge in [-0.15, -0.1) is 0 Å². The minimum atomic E-state index is -0.518. The number of nitrogens with one attached hydrogen (secondary N) is 5. The molecule has 33 heavy (non-hydrogen) atoms. The molecule has 0 saturated heterocycles. The first-order valence-corrected chi connectivity index (χ1v) is 10.7. The molecule has 2 unspecified atom stereocenters. The summed E-state index contributed by atoms with van der Waals surface area (Å²) >= 11 is 0. The zero-order valence-electron chi connectivity index (χ0n) is 19.0. The van der Waals surface area contributed by atoms with Crippen molar-refractivity contribution in [2.24, 2.45) is 5.41 Å². The van der Waals surface area contributed by atoms with Crippen molar-refractivity contribution in [2.75, 3.05) is 0 Å². The number of aromatic nitrogens is 1. The Morgan fingerprint density at radius 1 is 1.18 bits per heavy atom. The van der Waals surface area contributed by atoms with E-state index in [0.29, 0.717) is 18.6 Å². The Kier molecular flexibility index (Phi) is 7.01. The van der Waals surface area contributed by atoms with Crippen molar-refractivity contribution in [3.05, 3.63) is 71.0 Å². The van der Waals surface area contributed by atoms with Crippen LogP contribution in [0.2, 0.25) is 0 Å². The first-order chi connectivity index (χ1) is 15.6. The van der Waals surface area contributed by atoms with Crippen LogP contribution in [-0.2, 0) is 0 Å². The van der Waals surface area contributed by atoms with E-state index in [2.05, 4.69) is 10.6 Å². The van der Waals surface area contributed by atoms with Crippen molar-refractivity contribution in [1.82, 2.24) is 15.2 Å². The maximum atomic E-state index is 12.5. The van der Waals surface area contributed by atoms with Gasteiger partial charge in [0.15, 0.2) is 0 Å². The maximum Gasteiger partial charge on any atom is 0.320 e. The van der Waals surface area contributed by atoms with Crippen molar-refractivity contribution >= 4 is 18.2 Å². The van der Waals surface area contributed by atoms with Crippen LogP contribution in [0.4, 0.5) is 4.79 Å². The van der Waals surface area contributed by atoms with Gasteiger partial charge in [-0.25, -0.2) is 4.79 Å². The summed E-state index contributed by atoms with van der Waals surface area (Å²) < 4.78 is 7.53. The third kappa shape index (κ3) is 5.88. The summed E-state index contributed by atoms with van der Waals surface area (Å²) in [4.78, 5) is 12.5. The normalized spacial score (nSPS) is 18.1. The number of pyridine rings is 1. The lowest BCUT2D eigenvalue weighted by Gasteiger charge is -2.32. The fourth-order valence-corrected chi connectivity index (χ4v) is 3.57. The van der Waals surface area contributed by atoms with Gasteiger partial charge in [-0.1, -0.05) is 45.0 Å². The minimum absolute atomic E-state index is 0.0126. The molecule has 1 aliphatic carbocycles. The van der Waals surface area contributed by atoms with Crippen LogP contribution in [0.5, 0.6) is 5.75 Å². The van der Waals surface area contributed by atoms with Gasteiger partial charge in [0.25, 0.3) is 0 Å². The van der Waals surface area contributed by atoms with Crippen LogP contribution in [0.25, 0.3) is 0 Å². The van der Waals surface area contributed by atoms with Crippen molar-refractivity contribution in [2.45, 2.75) is 45.8 Å². The van der Waals surface area contributed by atoms with Crippen LogP contribution in [-0.4, -0.2) is 27.9 Å². The molecular weight excluding hydrogens is 420 g/mol. The number of aliphatic hydroxyl groups excluding tert-OH is 1. The molecule has 0 bridgehead atoms. The highest BCUT2D eigenvalue weighted by Crippen LogP contribution is 2.38. The summed E-state index contributed by atoms with van der Waals surface area (Å²) in [5.41, 5.74) is 1.56. The number of amidine groups is 1. The maximum absolute atomic E-state index is 12.5. The van der Waals surface area contributed by atoms with Gasteiger partial charge in [0, 0.05) is 11.5 Å². The highest BCUT2D eigenvalue weighted by Gasteiger charge is 2.29. The zero-order chi connectivity index (χ0) is 24.2. The third-order valence-corrected chi connectivity index (χ3v) is 5.41. The molecule has 1 aliphatic rings. The molecule has 0 radical (unpaired) electrons. The summed E-state index contributed by atoms with van der Waals surface area (Å²) in [6.07, 6.45) is 4.94. The second kappa shape index (κ2) is 9.72. The molecule has 0 aliphatic heterocycles. The van der Waals surface area contributed by atoms with Crippen molar-refractivity contribution in [3.63, 3.8) is 0 Å². The quantitative estimate of drug-likeness (QED) is 0.231. The van der Waals surface area contributed by atoms with Crippen LogP contribution in [0.3, 0.4) is 0 Å². The number of fused-ring (bicyclic) bond motifs is 1. The number of rotatable bonds is 5. The Morgan fingerprint density at radius 3 is 2.55 bits per heavy atom. The topological polar surface area (TPSA) is 147 Å². The minimum Gasteiger partial charge on any atom is -0.512 e. The Bertz CT molecular complexity index is 1150. The zero-order valence-corrected chi connectivity index (χ0v) is 19.0. The Balaban J connectivity index is 1.71. The second-order valence-electron chi connectivity index (χ2n) is 8.94. The monoisotopic (exact) mass is 450 g/mol. The van der Waals surface area contributed by atoms with E-state index in [9.17, 15) is 9.90 Å².